The maximum atomic E-state index is 12.0. The van der Waals surface area contributed by atoms with Crippen LogP contribution in [-0.2, 0) is 42.9 Å². The molecule has 1 aliphatic rings. The number of esters is 4. The first kappa shape index (κ1) is 29.2. The summed E-state index contributed by atoms with van der Waals surface area (Å²) in [4.78, 5) is 50.8. The van der Waals surface area contributed by atoms with Crippen LogP contribution in [0.15, 0.2) is 53.9 Å². The Morgan fingerprint density at radius 3 is 1.95 bits per heavy atom. The van der Waals surface area contributed by atoms with Crippen LogP contribution in [-0.4, -0.2) is 61.2 Å². The Kier molecular flexibility index (Phi) is 9.56. The van der Waals surface area contributed by atoms with E-state index in [2.05, 4.69) is 18.2 Å². The summed E-state index contributed by atoms with van der Waals surface area (Å²) in [6, 6.07) is 15.4. The highest BCUT2D eigenvalue weighted by molar-refractivity contribution is 7.23. The molecule has 0 saturated carbocycles. The van der Waals surface area contributed by atoms with Crippen LogP contribution in [0.1, 0.15) is 27.7 Å². The fraction of sp³-hybridized carbons (Fsp3) is 0.357. The Morgan fingerprint density at radius 1 is 0.725 bits per heavy atom. The van der Waals surface area contributed by atoms with E-state index in [4.69, 9.17) is 28.4 Å². The first-order chi connectivity index (χ1) is 19.1. The van der Waals surface area contributed by atoms with Crippen LogP contribution in [0.3, 0.4) is 0 Å². The van der Waals surface area contributed by atoms with Crippen molar-refractivity contribution in [1.29, 1.82) is 0 Å². The Labute approximate surface area is 238 Å². The van der Waals surface area contributed by atoms with Crippen LogP contribution in [0.2, 0.25) is 0 Å². The Hall–Kier alpha value is -3.74. The van der Waals surface area contributed by atoms with E-state index in [1.165, 1.54) is 23.6 Å². The molecule has 0 aliphatic carbocycles. The highest BCUT2D eigenvalue weighted by atomic mass is 32.1. The maximum Gasteiger partial charge on any atom is 0.303 e. The molecule has 0 radical (unpaired) electrons. The van der Waals surface area contributed by atoms with Gasteiger partial charge < -0.3 is 28.4 Å². The molecule has 0 amide bonds. The van der Waals surface area contributed by atoms with Crippen molar-refractivity contribution in [3.8, 4) is 25.9 Å². The molecule has 10 nitrogen and oxygen atoms in total. The number of rotatable bonds is 9. The van der Waals surface area contributed by atoms with E-state index in [0.29, 0.717) is 5.75 Å². The fourth-order valence-electron chi connectivity index (χ4n) is 4.16. The third-order valence-electron chi connectivity index (χ3n) is 5.71. The average Bonchev–Trinajstić information content (AvgIpc) is 3.58. The molecular weight excluding hydrogens is 560 g/mol. The third kappa shape index (κ3) is 7.46. The molecule has 1 aromatic carbocycles. The van der Waals surface area contributed by atoms with E-state index in [1.807, 2.05) is 23.6 Å². The molecule has 2 aromatic heterocycles. The molecule has 0 bridgehead atoms. The zero-order valence-corrected chi connectivity index (χ0v) is 23.8. The lowest BCUT2D eigenvalue weighted by Gasteiger charge is -2.43. The van der Waals surface area contributed by atoms with Crippen LogP contribution >= 0.6 is 22.7 Å². The molecule has 0 N–H and O–H groups in total. The summed E-state index contributed by atoms with van der Waals surface area (Å²) in [6.45, 7) is 4.38. The number of carbonyl (C=O) groups excluding carboxylic acids is 4. The smallest absolute Gasteiger partial charge is 0.303 e. The van der Waals surface area contributed by atoms with E-state index in [-0.39, 0.29) is 6.61 Å². The van der Waals surface area contributed by atoms with Gasteiger partial charge in [0.25, 0.3) is 0 Å². The maximum absolute atomic E-state index is 12.0. The van der Waals surface area contributed by atoms with Gasteiger partial charge in [-0.05, 0) is 53.4 Å². The Bertz CT molecular complexity index is 1330. The molecule has 1 aliphatic heterocycles. The summed E-state index contributed by atoms with van der Waals surface area (Å²) in [5.74, 6) is -2.34. The second kappa shape index (κ2) is 13.1. The molecule has 2 unspecified atom stereocenters. The monoisotopic (exact) mass is 588 g/mol. The van der Waals surface area contributed by atoms with Crippen LogP contribution in [0.5, 0.6) is 5.75 Å². The van der Waals surface area contributed by atoms with E-state index >= 15 is 0 Å². The number of ether oxygens (including phenoxy) is 6. The van der Waals surface area contributed by atoms with E-state index < -0.39 is 54.6 Å². The highest BCUT2D eigenvalue weighted by Gasteiger charge is 2.53. The van der Waals surface area contributed by atoms with Crippen LogP contribution < -0.4 is 4.74 Å². The second-order valence-electron chi connectivity index (χ2n) is 8.85. The van der Waals surface area contributed by atoms with Gasteiger partial charge in [-0.1, -0.05) is 6.07 Å². The first-order valence-electron chi connectivity index (χ1n) is 12.3. The number of hydrogen-bond acceptors (Lipinski definition) is 12. The van der Waals surface area contributed by atoms with Gasteiger partial charge in [0.05, 0.1) is 0 Å². The van der Waals surface area contributed by atoms with Gasteiger partial charge in [0, 0.05) is 42.3 Å². The lowest BCUT2D eigenvalue weighted by Crippen LogP contribution is -2.63. The van der Waals surface area contributed by atoms with Crippen LogP contribution in [0, 0.1) is 0 Å². The topological polar surface area (TPSA) is 124 Å². The van der Waals surface area contributed by atoms with Gasteiger partial charge >= 0.3 is 23.9 Å². The Morgan fingerprint density at radius 2 is 1.35 bits per heavy atom. The standard InChI is InChI=1S/C28H28O10S2/c1-15(29)33-14-21-25(34-16(2)30)26(35-17(3)31)27(36-18(4)32)28(38-21)37-20-9-7-19(8-10-20)22-11-12-24(40-22)23-6-5-13-39-23/h5-13,21,25-28H,14H2,1-4H3/t21?,25-,26?,27+,28-/m1/s1. The normalized spacial score (nSPS) is 22.1. The van der Waals surface area contributed by atoms with Crippen LogP contribution in [0.4, 0.5) is 0 Å². The minimum absolute atomic E-state index is 0.332. The van der Waals surface area contributed by atoms with E-state index in [0.717, 1.165) is 24.3 Å². The molecular formula is C28H28O10S2. The van der Waals surface area contributed by atoms with Crippen molar-refractivity contribution in [1.82, 2.24) is 0 Å². The number of thiophene rings is 2. The van der Waals surface area contributed by atoms with Crippen molar-refractivity contribution in [2.75, 3.05) is 6.61 Å². The van der Waals surface area contributed by atoms with Crippen molar-refractivity contribution in [3.63, 3.8) is 0 Å². The van der Waals surface area contributed by atoms with Gasteiger partial charge in [-0.25, -0.2) is 0 Å². The summed E-state index contributed by atoms with van der Waals surface area (Å²) in [6.07, 6.45) is -6.23. The molecule has 12 heteroatoms. The number of carbonyl (C=O) groups is 4. The average molecular weight is 589 g/mol. The van der Waals surface area contributed by atoms with Crippen LogP contribution in [0.25, 0.3) is 20.2 Å². The summed E-state index contributed by atoms with van der Waals surface area (Å²) < 4.78 is 33.4. The van der Waals surface area contributed by atoms with Crippen molar-refractivity contribution in [3.05, 3.63) is 53.9 Å². The van der Waals surface area contributed by atoms with Crippen molar-refractivity contribution in [2.24, 2.45) is 0 Å². The first-order valence-corrected chi connectivity index (χ1v) is 14.0. The number of hydrogen-bond donors (Lipinski definition) is 0. The number of benzene rings is 1. The molecule has 4 rings (SSSR count). The summed E-state index contributed by atoms with van der Waals surface area (Å²) in [5.41, 5.74) is 0.974. The van der Waals surface area contributed by atoms with Crippen molar-refractivity contribution in [2.45, 2.75) is 58.4 Å². The lowest BCUT2D eigenvalue weighted by molar-refractivity contribution is -0.288. The van der Waals surface area contributed by atoms with E-state index in [9.17, 15) is 19.2 Å². The zero-order valence-electron chi connectivity index (χ0n) is 22.2. The van der Waals surface area contributed by atoms with Gasteiger partial charge in [-0.15, -0.1) is 22.7 Å². The lowest BCUT2D eigenvalue weighted by atomic mass is 9.98. The predicted octanol–water partition coefficient (Wildman–Crippen LogP) is 4.61. The van der Waals surface area contributed by atoms with Crippen molar-refractivity contribution >= 4 is 46.6 Å². The largest absolute Gasteiger partial charge is 0.463 e. The highest BCUT2D eigenvalue weighted by Crippen LogP contribution is 2.37. The zero-order chi connectivity index (χ0) is 28.8. The molecule has 1 fully saturated rings. The van der Waals surface area contributed by atoms with E-state index in [1.54, 1.807) is 34.8 Å². The molecule has 1 saturated heterocycles. The second-order valence-corrected chi connectivity index (χ2v) is 10.9. The predicted molar refractivity (Wildman–Crippen MR) is 146 cm³/mol. The minimum atomic E-state index is -1.30. The molecule has 40 heavy (non-hydrogen) atoms. The minimum Gasteiger partial charge on any atom is -0.463 e. The van der Waals surface area contributed by atoms with Gasteiger partial charge in [-0.3, -0.25) is 19.2 Å². The summed E-state index contributed by atoms with van der Waals surface area (Å²) >= 11 is 3.34. The van der Waals surface area contributed by atoms with Crippen molar-refractivity contribution < 1.29 is 47.6 Å². The molecule has 0 spiro atoms. The molecule has 3 aromatic rings. The van der Waals surface area contributed by atoms with Gasteiger partial charge in [0.2, 0.25) is 12.4 Å². The molecule has 212 valence electrons. The quantitative estimate of drug-likeness (QED) is 0.259. The summed E-state index contributed by atoms with van der Waals surface area (Å²) in [7, 11) is 0. The SMILES string of the molecule is CC(=O)OCC1O[C@@H](Oc2ccc(-c3ccc(-c4cccs4)s3)cc2)[C@@H](OC(C)=O)C(OC(C)=O)[C@@H]1OC(C)=O. The van der Waals surface area contributed by atoms with Gasteiger partial charge in [-0.2, -0.15) is 0 Å². The third-order valence-corrected chi connectivity index (χ3v) is 7.91. The van der Waals surface area contributed by atoms with Gasteiger partial charge in [0.1, 0.15) is 18.5 Å². The molecule has 3 heterocycles. The van der Waals surface area contributed by atoms with Gasteiger partial charge in [0.15, 0.2) is 12.2 Å². The Balaban J connectivity index is 1.59. The fourth-order valence-corrected chi connectivity index (χ4v) is 6.01. The molecule has 5 atom stereocenters. The summed E-state index contributed by atoms with van der Waals surface area (Å²) in [5, 5.41) is 2.04.